The molecule has 1 aliphatic heterocycles. The van der Waals surface area contributed by atoms with Gasteiger partial charge in [0.15, 0.2) is 6.17 Å². The van der Waals surface area contributed by atoms with Gasteiger partial charge in [-0.15, -0.1) is 0 Å². The molecular weight excluding hydrogens is 396 g/mol. The summed E-state index contributed by atoms with van der Waals surface area (Å²) in [5, 5.41) is 8.72. The molecule has 1 atom stereocenters. The minimum atomic E-state index is -1.00. The van der Waals surface area contributed by atoms with Gasteiger partial charge in [0.25, 0.3) is 5.91 Å². The molecule has 1 heterocycles. The van der Waals surface area contributed by atoms with Crippen molar-refractivity contribution in [1.82, 2.24) is 20.4 Å². The first kappa shape index (κ1) is 22.9. The lowest BCUT2D eigenvalue weighted by Gasteiger charge is -2.33. The molecular formula is C22H34N6O3. The minimum Gasteiger partial charge on any atom is -0.350 e. The standard InChI is InChI=1S/C22H34N6O3/c1-14(2)24-21(30)27-11-12-28(22(31)26-18-6-4-5-15(3)13-18)20(27)19(29)25-17-9-7-16(23)8-10-17/h4-6,13-14,16-17,20H,7-12,23H2,1-3H3,(H,24,30)(H,25,29)(H,26,31). The van der Waals surface area contributed by atoms with Gasteiger partial charge in [-0.2, -0.15) is 0 Å². The average Bonchev–Trinajstić information content (AvgIpc) is 3.15. The Hall–Kier alpha value is -2.81. The highest BCUT2D eigenvalue weighted by molar-refractivity contribution is 5.96. The quantitative estimate of drug-likeness (QED) is 0.584. The van der Waals surface area contributed by atoms with Crippen LogP contribution in [0, 0.1) is 6.92 Å². The lowest BCUT2D eigenvalue weighted by Crippen LogP contribution is -2.58. The third kappa shape index (κ3) is 5.88. The Kier molecular flexibility index (Phi) is 7.37. The molecule has 31 heavy (non-hydrogen) atoms. The van der Waals surface area contributed by atoms with E-state index in [1.165, 1.54) is 9.80 Å². The number of nitrogens with two attached hydrogens (primary N) is 1. The number of anilines is 1. The summed E-state index contributed by atoms with van der Waals surface area (Å²) in [6.07, 6.45) is 2.30. The number of hydrogen-bond donors (Lipinski definition) is 4. The lowest BCUT2D eigenvalue weighted by molar-refractivity contribution is -0.128. The van der Waals surface area contributed by atoms with Gasteiger partial charge in [-0.3, -0.25) is 14.6 Å². The number of amides is 5. The Labute approximate surface area is 183 Å². The van der Waals surface area contributed by atoms with Gasteiger partial charge in [0, 0.05) is 36.9 Å². The van der Waals surface area contributed by atoms with Crippen molar-refractivity contribution in [2.24, 2.45) is 5.73 Å². The molecule has 0 aromatic heterocycles. The van der Waals surface area contributed by atoms with Crippen molar-refractivity contribution in [2.45, 2.75) is 70.7 Å². The fourth-order valence-corrected chi connectivity index (χ4v) is 4.12. The molecule has 2 aliphatic rings. The van der Waals surface area contributed by atoms with Crippen molar-refractivity contribution in [3.05, 3.63) is 29.8 Å². The molecule has 1 aliphatic carbocycles. The van der Waals surface area contributed by atoms with Crippen LogP contribution in [0.25, 0.3) is 0 Å². The van der Waals surface area contributed by atoms with Crippen LogP contribution in [-0.2, 0) is 4.79 Å². The monoisotopic (exact) mass is 430 g/mol. The van der Waals surface area contributed by atoms with Crippen molar-refractivity contribution < 1.29 is 14.4 Å². The smallest absolute Gasteiger partial charge is 0.323 e. The summed E-state index contributed by atoms with van der Waals surface area (Å²) in [5.74, 6) is -0.337. The number of nitrogens with zero attached hydrogens (tertiary/aromatic N) is 2. The Morgan fingerprint density at radius 1 is 1.03 bits per heavy atom. The number of urea groups is 2. The summed E-state index contributed by atoms with van der Waals surface area (Å²) in [5.41, 5.74) is 7.63. The van der Waals surface area contributed by atoms with E-state index in [1.807, 2.05) is 39.0 Å². The van der Waals surface area contributed by atoms with Gasteiger partial charge in [-0.1, -0.05) is 12.1 Å². The molecule has 5 amide bonds. The predicted molar refractivity (Wildman–Crippen MR) is 119 cm³/mol. The van der Waals surface area contributed by atoms with Gasteiger partial charge in [0.05, 0.1) is 0 Å². The number of carbonyl (C=O) groups excluding carboxylic acids is 3. The zero-order valence-corrected chi connectivity index (χ0v) is 18.6. The van der Waals surface area contributed by atoms with Gasteiger partial charge in [0.2, 0.25) is 0 Å². The third-order valence-corrected chi connectivity index (χ3v) is 5.73. The first-order valence-electron chi connectivity index (χ1n) is 11.0. The molecule has 2 fully saturated rings. The number of nitrogens with one attached hydrogen (secondary N) is 3. The number of carbonyl (C=O) groups is 3. The van der Waals surface area contributed by atoms with E-state index >= 15 is 0 Å². The summed E-state index contributed by atoms with van der Waals surface area (Å²) in [4.78, 5) is 41.8. The average molecular weight is 431 g/mol. The first-order valence-corrected chi connectivity index (χ1v) is 11.0. The van der Waals surface area contributed by atoms with Crippen LogP contribution in [0.1, 0.15) is 45.1 Å². The zero-order chi connectivity index (χ0) is 22.5. The summed E-state index contributed by atoms with van der Waals surface area (Å²) in [6, 6.07) is 6.79. The van der Waals surface area contributed by atoms with E-state index in [0.717, 1.165) is 31.2 Å². The van der Waals surface area contributed by atoms with Crippen LogP contribution in [0.3, 0.4) is 0 Å². The Morgan fingerprint density at radius 2 is 1.68 bits per heavy atom. The highest BCUT2D eigenvalue weighted by Gasteiger charge is 2.43. The SMILES string of the molecule is Cc1cccc(NC(=O)N2CCN(C(=O)NC(C)C)C2C(=O)NC2CCC(N)CC2)c1. The fourth-order valence-electron chi connectivity index (χ4n) is 4.12. The summed E-state index contributed by atoms with van der Waals surface area (Å²) < 4.78 is 0. The summed E-state index contributed by atoms with van der Waals surface area (Å²) in [6.45, 7) is 6.22. The third-order valence-electron chi connectivity index (χ3n) is 5.73. The molecule has 0 spiro atoms. The van der Waals surface area contributed by atoms with E-state index in [1.54, 1.807) is 6.07 Å². The summed E-state index contributed by atoms with van der Waals surface area (Å²) in [7, 11) is 0. The van der Waals surface area contributed by atoms with E-state index in [-0.39, 0.29) is 43.2 Å². The van der Waals surface area contributed by atoms with Crippen LogP contribution in [-0.4, -0.2) is 65.2 Å². The Morgan fingerprint density at radius 3 is 2.29 bits per heavy atom. The van der Waals surface area contributed by atoms with E-state index in [9.17, 15) is 14.4 Å². The largest absolute Gasteiger partial charge is 0.350 e. The molecule has 1 aromatic carbocycles. The predicted octanol–water partition coefficient (Wildman–Crippen LogP) is 1.97. The van der Waals surface area contributed by atoms with Crippen molar-refractivity contribution >= 4 is 23.7 Å². The topological polar surface area (TPSA) is 120 Å². The molecule has 1 unspecified atom stereocenters. The van der Waals surface area contributed by atoms with Gasteiger partial charge in [-0.05, 0) is 64.2 Å². The van der Waals surface area contributed by atoms with Crippen LogP contribution < -0.4 is 21.7 Å². The highest BCUT2D eigenvalue weighted by Crippen LogP contribution is 2.21. The zero-order valence-electron chi connectivity index (χ0n) is 18.6. The molecule has 5 N–H and O–H groups in total. The van der Waals surface area contributed by atoms with Crippen LogP contribution in [0.2, 0.25) is 0 Å². The molecule has 0 radical (unpaired) electrons. The minimum absolute atomic E-state index is 0.00425. The number of rotatable bonds is 4. The van der Waals surface area contributed by atoms with E-state index in [2.05, 4.69) is 16.0 Å². The molecule has 1 saturated heterocycles. The number of hydrogen-bond acceptors (Lipinski definition) is 4. The number of benzene rings is 1. The van der Waals surface area contributed by atoms with Crippen LogP contribution >= 0.6 is 0 Å². The summed E-state index contributed by atoms with van der Waals surface area (Å²) >= 11 is 0. The Balaban J connectivity index is 1.75. The van der Waals surface area contributed by atoms with Gasteiger partial charge < -0.3 is 21.7 Å². The van der Waals surface area contributed by atoms with Crippen molar-refractivity contribution in [2.75, 3.05) is 18.4 Å². The molecule has 170 valence electrons. The molecule has 9 heteroatoms. The maximum absolute atomic E-state index is 13.2. The molecule has 1 aromatic rings. The Bertz CT molecular complexity index is 806. The maximum Gasteiger partial charge on any atom is 0.323 e. The van der Waals surface area contributed by atoms with E-state index < -0.39 is 12.2 Å². The first-order chi connectivity index (χ1) is 14.7. The molecule has 0 bridgehead atoms. The van der Waals surface area contributed by atoms with Gasteiger partial charge in [0.1, 0.15) is 0 Å². The normalized spacial score (nSPS) is 23.6. The van der Waals surface area contributed by atoms with Crippen LogP contribution in [0.15, 0.2) is 24.3 Å². The molecule has 3 rings (SSSR count). The second kappa shape index (κ2) is 10.00. The molecule has 9 nitrogen and oxygen atoms in total. The van der Waals surface area contributed by atoms with Crippen LogP contribution in [0.4, 0.5) is 15.3 Å². The number of aryl methyl sites for hydroxylation is 1. The fraction of sp³-hybridized carbons (Fsp3) is 0.591. The molecule has 1 saturated carbocycles. The van der Waals surface area contributed by atoms with Crippen molar-refractivity contribution in [1.29, 1.82) is 0 Å². The van der Waals surface area contributed by atoms with Gasteiger partial charge in [-0.25, -0.2) is 9.59 Å². The van der Waals surface area contributed by atoms with Crippen LogP contribution in [0.5, 0.6) is 0 Å². The van der Waals surface area contributed by atoms with E-state index in [0.29, 0.717) is 5.69 Å². The van der Waals surface area contributed by atoms with Crippen molar-refractivity contribution in [3.8, 4) is 0 Å². The van der Waals surface area contributed by atoms with E-state index in [4.69, 9.17) is 5.73 Å². The second-order valence-corrected chi connectivity index (χ2v) is 8.78. The van der Waals surface area contributed by atoms with Crippen molar-refractivity contribution in [3.63, 3.8) is 0 Å². The second-order valence-electron chi connectivity index (χ2n) is 8.78. The van der Waals surface area contributed by atoms with Gasteiger partial charge >= 0.3 is 12.1 Å². The highest BCUT2D eigenvalue weighted by atomic mass is 16.2. The lowest BCUT2D eigenvalue weighted by atomic mass is 9.92. The maximum atomic E-state index is 13.2.